The number of aromatic nitrogens is 2. The molecule has 0 spiro atoms. The summed E-state index contributed by atoms with van der Waals surface area (Å²) in [6.45, 7) is 6.53. The zero-order valence-electron chi connectivity index (χ0n) is 12.3. The van der Waals surface area contributed by atoms with E-state index < -0.39 is 0 Å². The molecule has 0 aliphatic rings. The molecule has 1 N–H and O–H groups in total. The van der Waals surface area contributed by atoms with Crippen LogP contribution in [0.4, 0.5) is 0 Å². The fraction of sp³-hybridized carbons (Fsp3) is 0.250. The number of carbonyl (C=O) groups is 1. The molecule has 21 heavy (non-hydrogen) atoms. The summed E-state index contributed by atoms with van der Waals surface area (Å²) in [7, 11) is 1.64. The summed E-state index contributed by atoms with van der Waals surface area (Å²) in [6.07, 6.45) is 3.68. The lowest BCUT2D eigenvalue weighted by Gasteiger charge is -2.09. The molecule has 1 aromatic heterocycles. The monoisotopic (exact) mass is 301 g/mol. The first kappa shape index (κ1) is 15.4. The van der Waals surface area contributed by atoms with Gasteiger partial charge in [-0.05, 0) is 12.5 Å². The molecule has 110 valence electrons. The number of benzene rings is 1. The van der Waals surface area contributed by atoms with Crippen LogP contribution >= 0.6 is 11.8 Å². The lowest BCUT2D eigenvalue weighted by Crippen LogP contribution is -2.20. The van der Waals surface area contributed by atoms with Crippen molar-refractivity contribution in [3.05, 3.63) is 48.7 Å². The number of thioether (sulfide) groups is 1. The van der Waals surface area contributed by atoms with Crippen LogP contribution in [0.5, 0.6) is 0 Å². The number of imidazole rings is 1. The lowest BCUT2D eigenvalue weighted by atomic mass is 10.1. The van der Waals surface area contributed by atoms with Crippen LogP contribution in [0.25, 0.3) is 11.3 Å². The number of hydrogen-bond acceptors (Lipinski definition) is 3. The standard InChI is InChI=1S/C16H19N3OS/c1-4-9-19-14(13-7-5-12(2)6-8-13)10-18-16(19)21-11-15(20)17-3/h4-8,10H,1,9,11H2,2-3H3,(H,17,20). The molecule has 0 bridgehead atoms. The molecular formula is C16H19N3OS. The van der Waals surface area contributed by atoms with E-state index in [1.807, 2.05) is 12.3 Å². The predicted molar refractivity (Wildman–Crippen MR) is 87.4 cm³/mol. The zero-order chi connectivity index (χ0) is 15.2. The van der Waals surface area contributed by atoms with Gasteiger partial charge in [0, 0.05) is 13.6 Å². The number of rotatable bonds is 6. The first-order valence-electron chi connectivity index (χ1n) is 6.72. The molecule has 0 aliphatic heterocycles. The van der Waals surface area contributed by atoms with Crippen molar-refractivity contribution >= 4 is 17.7 Å². The molecule has 0 atom stereocenters. The molecule has 0 radical (unpaired) electrons. The van der Waals surface area contributed by atoms with Gasteiger partial charge in [-0.25, -0.2) is 4.98 Å². The second-order valence-corrected chi connectivity index (χ2v) is 5.60. The molecule has 1 aromatic carbocycles. The first-order chi connectivity index (χ1) is 10.2. The van der Waals surface area contributed by atoms with Crippen LogP contribution in [-0.4, -0.2) is 28.3 Å². The van der Waals surface area contributed by atoms with Gasteiger partial charge in [-0.2, -0.15) is 0 Å². The SMILES string of the molecule is C=CCn1c(-c2ccc(C)cc2)cnc1SCC(=O)NC. The molecule has 0 saturated carbocycles. The third kappa shape index (κ3) is 3.76. The Hall–Kier alpha value is -2.01. The third-order valence-electron chi connectivity index (χ3n) is 3.09. The fourth-order valence-electron chi connectivity index (χ4n) is 1.94. The predicted octanol–water partition coefficient (Wildman–Crippen LogP) is 2.88. The molecule has 1 amide bonds. The van der Waals surface area contributed by atoms with E-state index in [2.05, 4.69) is 52.6 Å². The summed E-state index contributed by atoms with van der Waals surface area (Å²) in [5.74, 6) is 0.350. The van der Waals surface area contributed by atoms with Crippen molar-refractivity contribution in [3.8, 4) is 11.3 Å². The number of nitrogens with zero attached hydrogens (tertiary/aromatic N) is 2. The number of hydrogen-bond donors (Lipinski definition) is 1. The molecule has 4 nitrogen and oxygen atoms in total. The van der Waals surface area contributed by atoms with E-state index in [0.717, 1.165) is 16.4 Å². The van der Waals surface area contributed by atoms with Crippen molar-refractivity contribution < 1.29 is 4.79 Å². The summed E-state index contributed by atoms with van der Waals surface area (Å²) in [5, 5.41) is 3.44. The summed E-state index contributed by atoms with van der Waals surface area (Å²) in [5.41, 5.74) is 3.37. The highest BCUT2D eigenvalue weighted by molar-refractivity contribution is 7.99. The van der Waals surface area contributed by atoms with Crippen LogP contribution in [0.2, 0.25) is 0 Å². The number of aryl methyl sites for hydroxylation is 1. The van der Waals surface area contributed by atoms with Gasteiger partial charge in [0.15, 0.2) is 5.16 Å². The maximum Gasteiger partial charge on any atom is 0.230 e. The molecular weight excluding hydrogens is 282 g/mol. The average molecular weight is 301 g/mol. The Morgan fingerprint density at radius 1 is 1.43 bits per heavy atom. The molecule has 2 rings (SSSR count). The van der Waals surface area contributed by atoms with Gasteiger partial charge in [-0.15, -0.1) is 6.58 Å². The van der Waals surface area contributed by atoms with Gasteiger partial charge in [0.25, 0.3) is 0 Å². The van der Waals surface area contributed by atoms with Crippen LogP contribution in [0.1, 0.15) is 5.56 Å². The molecule has 0 saturated heterocycles. The van der Waals surface area contributed by atoms with E-state index in [9.17, 15) is 4.79 Å². The Morgan fingerprint density at radius 3 is 2.76 bits per heavy atom. The second-order valence-electron chi connectivity index (χ2n) is 4.65. The molecule has 2 aromatic rings. The minimum Gasteiger partial charge on any atom is -0.358 e. The highest BCUT2D eigenvalue weighted by atomic mass is 32.2. The molecule has 0 unspecified atom stereocenters. The van der Waals surface area contributed by atoms with E-state index >= 15 is 0 Å². The minimum atomic E-state index is -0.00922. The quantitative estimate of drug-likeness (QED) is 0.659. The topological polar surface area (TPSA) is 46.9 Å². The molecule has 0 aliphatic carbocycles. The minimum absolute atomic E-state index is 0.00922. The number of carbonyl (C=O) groups excluding carboxylic acids is 1. The van der Waals surface area contributed by atoms with Crippen molar-refractivity contribution in [2.45, 2.75) is 18.6 Å². The number of nitrogens with one attached hydrogen (secondary N) is 1. The highest BCUT2D eigenvalue weighted by Gasteiger charge is 2.12. The smallest absolute Gasteiger partial charge is 0.230 e. The summed E-state index contributed by atoms with van der Waals surface area (Å²) in [6, 6.07) is 8.33. The second kappa shape index (κ2) is 7.13. The fourth-order valence-corrected chi connectivity index (χ4v) is 2.80. The van der Waals surface area contributed by atoms with E-state index in [-0.39, 0.29) is 5.91 Å². The van der Waals surface area contributed by atoms with E-state index in [0.29, 0.717) is 12.3 Å². The molecule has 0 fully saturated rings. The number of amides is 1. The lowest BCUT2D eigenvalue weighted by molar-refractivity contribution is -0.118. The average Bonchev–Trinajstić information content (AvgIpc) is 2.89. The van der Waals surface area contributed by atoms with Gasteiger partial charge < -0.3 is 9.88 Å². The Bertz CT molecular complexity index is 631. The Labute approximate surface area is 129 Å². The van der Waals surface area contributed by atoms with E-state index in [1.54, 1.807) is 7.05 Å². The van der Waals surface area contributed by atoms with Crippen molar-refractivity contribution in [1.82, 2.24) is 14.9 Å². The zero-order valence-corrected chi connectivity index (χ0v) is 13.1. The van der Waals surface area contributed by atoms with E-state index in [1.165, 1.54) is 17.3 Å². The maximum atomic E-state index is 11.4. The third-order valence-corrected chi connectivity index (χ3v) is 4.08. The van der Waals surface area contributed by atoms with Crippen molar-refractivity contribution in [2.24, 2.45) is 0 Å². The Kier molecular flexibility index (Phi) is 5.22. The van der Waals surface area contributed by atoms with Crippen molar-refractivity contribution in [1.29, 1.82) is 0 Å². The van der Waals surface area contributed by atoms with Crippen molar-refractivity contribution in [3.63, 3.8) is 0 Å². The van der Waals surface area contributed by atoms with Gasteiger partial charge in [0.05, 0.1) is 17.6 Å². The number of allylic oxidation sites excluding steroid dienone is 1. The van der Waals surface area contributed by atoms with Gasteiger partial charge >= 0.3 is 0 Å². The van der Waals surface area contributed by atoms with Gasteiger partial charge in [-0.3, -0.25) is 4.79 Å². The van der Waals surface area contributed by atoms with Crippen LogP contribution in [0.3, 0.4) is 0 Å². The highest BCUT2D eigenvalue weighted by Crippen LogP contribution is 2.26. The van der Waals surface area contributed by atoms with Gasteiger partial charge in [0.2, 0.25) is 5.91 Å². The van der Waals surface area contributed by atoms with E-state index in [4.69, 9.17) is 0 Å². The summed E-state index contributed by atoms with van der Waals surface area (Å²) >= 11 is 1.43. The van der Waals surface area contributed by atoms with Gasteiger partial charge in [0.1, 0.15) is 0 Å². The molecule has 5 heteroatoms. The van der Waals surface area contributed by atoms with Crippen LogP contribution in [0, 0.1) is 6.92 Å². The first-order valence-corrected chi connectivity index (χ1v) is 7.71. The summed E-state index contributed by atoms with van der Waals surface area (Å²) in [4.78, 5) is 15.8. The molecule has 1 heterocycles. The van der Waals surface area contributed by atoms with Crippen LogP contribution in [-0.2, 0) is 11.3 Å². The normalized spacial score (nSPS) is 10.4. The maximum absolute atomic E-state index is 11.4. The Balaban J connectivity index is 2.29. The van der Waals surface area contributed by atoms with Gasteiger partial charge in [-0.1, -0.05) is 47.7 Å². The largest absolute Gasteiger partial charge is 0.358 e. The van der Waals surface area contributed by atoms with Crippen molar-refractivity contribution in [2.75, 3.05) is 12.8 Å². The van der Waals surface area contributed by atoms with Crippen LogP contribution in [0.15, 0.2) is 48.3 Å². The van der Waals surface area contributed by atoms with Crippen LogP contribution < -0.4 is 5.32 Å². The summed E-state index contributed by atoms with van der Waals surface area (Å²) < 4.78 is 2.07. The Morgan fingerprint density at radius 2 is 2.14 bits per heavy atom.